The van der Waals surface area contributed by atoms with Crippen LogP contribution in [0.1, 0.15) is 30.4 Å². The number of nitrogens with zero attached hydrogens (tertiary/aromatic N) is 4. The second-order valence-corrected chi connectivity index (χ2v) is 5.88. The van der Waals surface area contributed by atoms with Crippen LogP contribution >= 0.6 is 0 Å². The van der Waals surface area contributed by atoms with Gasteiger partial charge in [0.25, 0.3) is 0 Å². The van der Waals surface area contributed by atoms with Crippen LogP contribution in [0.4, 0.5) is 0 Å². The van der Waals surface area contributed by atoms with E-state index in [1.807, 2.05) is 18.5 Å². The second-order valence-electron chi connectivity index (χ2n) is 5.88. The molecule has 0 N–H and O–H groups in total. The Morgan fingerprint density at radius 1 is 1.24 bits per heavy atom. The molecule has 2 heterocycles. The Bertz CT molecular complexity index is 561. The van der Waals surface area contributed by atoms with Crippen molar-refractivity contribution in [3.05, 3.63) is 47.8 Å². The van der Waals surface area contributed by atoms with Crippen LogP contribution in [0, 0.1) is 13.8 Å². The summed E-state index contributed by atoms with van der Waals surface area (Å²) < 4.78 is 2.21. The molecule has 0 aliphatic heterocycles. The molecule has 4 nitrogen and oxygen atoms in total. The third-order valence-electron chi connectivity index (χ3n) is 4.06. The van der Waals surface area contributed by atoms with Crippen LogP contribution in [0.3, 0.4) is 0 Å². The molecule has 0 aliphatic rings. The van der Waals surface area contributed by atoms with Crippen molar-refractivity contribution >= 4 is 0 Å². The van der Waals surface area contributed by atoms with E-state index in [0.717, 1.165) is 31.8 Å². The lowest BCUT2D eigenvalue weighted by Gasteiger charge is -2.24. The highest BCUT2D eigenvalue weighted by Crippen LogP contribution is 2.08. The van der Waals surface area contributed by atoms with Gasteiger partial charge in [-0.2, -0.15) is 0 Å². The van der Waals surface area contributed by atoms with Crippen molar-refractivity contribution in [2.24, 2.45) is 0 Å². The first-order valence-electron chi connectivity index (χ1n) is 7.66. The molecular formula is C17H26N4. The average molecular weight is 286 g/mol. The van der Waals surface area contributed by atoms with Crippen LogP contribution in [-0.4, -0.2) is 39.1 Å². The first kappa shape index (κ1) is 15.7. The van der Waals surface area contributed by atoms with Gasteiger partial charge in [0.2, 0.25) is 0 Å². The Balaban J connectivity index is 1.77. The number of imidazole rings is 1. The quantitative estimate of drug-likeness (QED) is 0.785. The third-order valence-corrected chi connectivity index (χ3v) is 4.06. The minimum atomic E-state index is 0.503. The fourth-order valence-electron chi connectivity index (χ4n) is 2.52. The van der Waals surface area contributed by atoms with Crippen LogP contribution in [0.15, 0.2) is 30.7 Å². The normalized spacial score (nSPS) is 12.8. The van der Waals surface area contributed by atoms with E-state index in [9.17, 15) is 0 Å². The molecule has 0 aromatic carbocycles. The van der Waals surface area contributed by atoms with Crippen molar-refractivity contribution in [1.29, 1.82) is 0 Å². The van der Waals surface area contributed by atoms with E-state index in [0.29, 0.717) is 6.04 Å². The predicted molar refractivity (Wildman–Crippen MR) is 86.4 cm³/mol. The molecule has 1 unspecified atom stereocenters. The minimum Gasteiger partial charge on any atom is -0.335 e. The lowest BCUT2D eigenvalue weighted by atomic mass is 10.1. The van der Waals surface area contributed by atoms with Crippen molar-refractivity contribution in [3.8, 4) is 0 Å². The largest absolute Gasteiger partial charge is 0.335 e. The van der Waals surface area contributed by atoms with E-state index < -0.39 is 0 Å². The number of hydrogen-bond donors (Lipinski definition) is 0. The number of rotatable bonds is 7. The summed E-state index contributed by atoms with van der Waals surface area (Å²) >= 11 is 0. The Morgan fingerprint density at radius 2 is 2.05 bits per heavy atom. The van der Waals surface area contributed by atoms with Gasteiger partial charge >= 0.3 is 0 Å². The first-order chi connectivity index (χ1) is 10.1. The van der Waals surface area contributed by atoms with Gasteiger partial charge in [0.1, 0.15) is 5.82 Å². The molecule has 4 heteroatoms. The van der Waals surface area contributed by atoms with Crippen LogP contribution in [0.2, 0.25) is 0 Å². The van der Waals surface area contributed by atoms with Gasteiger partial charge in [0.05, 0.1) is 0 Å². The molecule has 2 aromatic rings. The fraction of sp³-hybridized carbons (Fsp3) is 0.529. The summed E-state index contributed by atoms with van der Waals surface area (Å²) in [5, 5.41) is 0. The zero-order valence-electron chi connectivity index (χ0n) is 13.6. The van der Waals surface area contributed by atoms with E-state index in [4.69, 9.17) is 0 Å². The minimum absolute atomic E-state index is 0.503. The SMILES string of the molecule is Cc1ccnc(CC(C)N(C)CCCn2ccnc2C)c1. The van der Waals surface area contributed by atoms with Crippen molar-refractivity contribution < 1.29 is 0 Å². The van der Waals surface area contributed by atoms with E-state index in [-0.39, 0.29) is 0 Å². The Kier molecular flexibility index (Phi) is 5.51. The smallest absolute Gasteiger partial charge is 0.105 e. The first-order valence-corrected chi connectivity index (χ1v) is 7.66. The summed E-state index contributed by atoms with van der Waals surface area (Å²) in [6.07, 6.45) is 7.96. The number of aryl methyl sites for hydroxylation is 3. The Morgan fingerprint density at radius 3 is 2.71 bits per heavy atom. The topological polar surface area (TPSA) is 34.0 Å². The summed E-state index contributed by atoms with van der Waals surface area (Å²) in [5.41, 5.74) is 2.46. The van der Waals surface area contributed by atoms with Crippen LogP contribution in [0.25, 0.3) is 0 Å². The monoisotopic (exact) mass is 286 g/mol. The summed E-state index contributed by atoms with van der Waals surface area (Å²) in [5.74, 6) is 1.09. The van der Waals surface area contributed by atoms with E-state index in [1.54, 1.807) is 0 Å². The summed E-state index contributed by atoms with van der Waals surface area (Å²) in [6, 6.07) is 4.73. The molecule has 1 atom stereocenters. The number of pyridine rings is 1. The standard InChI is InChI=1S/C17H26N4/c1-14-6-7-19-17(12-14)13-15(2)20(4)9-5-10-21-11-8-18-16(21)3/h6-8,11-12,15H,5,9-10,13H2,1-4H3. The lowest BCUT2D eigenvalue weighted by molar-refractivity contribution is 0.247. The van der Waals surface area contributed by atoms with Gasteiger partial charge in [-0.05, 0) is 58.5 Å². The molecule has 0 radical (unpaired) electrons. The predicted octanol–water partition coefficient (Wildman–Crippen LogP) is 2.85. The maximum absolute atomic E-state index is 4.46. The molecule has 0 saturated heterocycles. The zero-order valence-corrected chi connectivity index (χ0v) is 13.6. The molecule has 0 aliphatic carbocycles. The Hall–Kier alpha value is -1.68. The van der Waals surface area contributed by atoms with Crippen LogP contribution in [-0.2, 0) is 13.0 Å². The maximum atomic E-state index is 4.46. The number of aromatic nitrogens is 3. The molecule has 2 aromatic heterocycles. The molecule has 0 amide bonds. The summed E-state index contributed by atoms with van der Waals surface area (Å²) in [6.45, 7) is 8.56. The highest BCUT2D eigenvalue weighted by molar-refractivity contribution is 5.15. The fourth-order valence-corrected chi connectivity index (χ4v) is 2.52. The zero-order chi connectivity index (χ0) is 15.2. The van der Waals surface area contributed by atoms with Gasteiger partial charge in [-0.25, -0.2) is 4.98 Å². The van der Waals surface area contributed by atoms with Crippen LogP contribution < -0.4 is 0 Å². The molecule has 0 spiro atoms. The molecular weight excluding hydrogens is 260 g/mol. The molecule has 0 fully saturated rings. The van der Waals surface area contributed by atoms with Gasteiger partial charge in [-0.1, -0.05) is 0 Å². The Labute approximate surface area is 127 Å². The average Bonchev–Trinajstić information content (AvgIpc) is 2.84. The molecule has 0 bridgehead atoms. The van der Waals surface area contributed by atoms with E-state index in [1.165, 1.54) is 11.3 Å². The van der Waals surface area contributed by atoms with Gasteiger partial charge in [-0.15, -0.1) is 0 Å². The third kappa shape index (κ3) is 4.67. The summed E-state index contributed by atoms with van der Waals surface area (Å²) in [7, 11) is 2.20. The molecule has 114 valence electrons. The van der Waals surface area contributed by atoms with E-state index >= 15 is 0 Å². The van der Waals surface area contributed by atoms with Gasteiger partial charge in [0, 0.05) is 43.3 Å². The lowest BCUT2D eigenvalue weighted by Crippen LogP contribution is -2.32. The highest BCUT2D eigenvalue weighted by atomic mass is 15.1. The molecule has 0 saturated carbocycles. The van der Waals surface area contributed by atoms with Crippen molar-refractivity contribution in [2.75, 3.05) is 13.6 Å². The van der Waals surface area contributed by atoms with Gasteiger partial charge in [-0.3, -0.25) is 4.98 Å². The molecule has 2 rings (SSSR count). The van der Waals surface area contributed by atoms with Crippen molar-refractivity contribution in [2.45, 2.75) is 46.2 Å². The van der Waals surface area contributed by atoms with Crippen LogP contribution in [0.5, 0.6) is 0 Å². The van der Waals surface area contributed by atoms with E-state index in [2.05, 4.69) is 59.5 Å². The maximum Gasteiger partial charge on any atom is 0.105 e. The van der Waals surface area contributed by atoms with Gasteiger partial charge in [0.15, 0.2) is 0 Å². The second kappa shape index (κ2) is 7.36. The van der Waals surface area contributed by atoms with Crippen molar-refractivity contribution in [3.63, 3.8) is 0 Å². The highest BCUT2D eigenvalue weighted by Gasteiger charge is 2.10. The van der Waals surface area contributed by atoms with Crippen molar-refractivity contribution in [1.82, 2.24) is 19.4 Å². The molecule has 21 heavy (non-hydrogen) atoms. The summed E-state index contributed by atoms with van der Waals surface area (Å²) in [4.78, 5) is 11.1. The van der Waals surface area contributed by atoms with Gasteiger partial charge < -0.3 is 9.47 Å². The number of hydrogen-bond acceptors (Lipinski definition) is 3. The number of likely N-dealkylation sites (N-methyl/N-ethyl adjacent to an activating group) is 1.